The van der Waals surface area contributed by atoms with Gasteiger partial charge in [0.25, 0.3) is 0 Å². The molecule has 0 radical (unpaired) electrons. The Kier molecular flexibility index (Phi) is 2.78. The van der Waals surface area contributed by atoms with Crippen LogP contribution in [-0.4, -0.2) is 6.21 Å². The molecule has 0 bridgehead atoms. The van der Waals surface area contributed by atoms with Crippen molar-refractivity contribution in [1.82, 2.24) is 0 Å². The molecule has 0 aliphatic heterocycles. The summed E-state index contributed by atoms with van der Waals surface area (Å²) in [7, 11) is 0. The molecule has 1 aromatic rings. The fraction of sp³-hybridized carbons (Fsp3) is 0. The summed E-state index contributed by atoms with van der Waals surface area (Å²) in [6.45, 7) is 0. The molecule has 3 heteroatoms. The maximum Gasteiger partial charge on any atom is 0.0420 e. The van der Waals surface area contributed by atoms with E-state index in [1.807, 2.05) is 24.3 Å². The molecule has 0 spiro atoms. The maximum absolute atomic E-state index is 5.65. The SMILES string of the molecule is SN=Cc1ccc(Cl)cc1. The number of rotatable bonds is 1. The van der Waals surface area contributed by atoms with Gasteiger partial charge in [0.05, 0.1) is 0 Å². The van der Waals surface area contributed by atoms with Crippen LogP contribution in [0, 0.1) is 0 Å². The van der Waals surface area contributed by atoms with E-state index in [0.29, 0.717) is 0 Å². The summed E-state index contributed by atoms with van der Waals surface area (Å²) >= 11 is 9.34. The van der Waals surface area contributed by atoms with Crippen molar-refractivity contribution in [2.45, 2.75) is 0 Å². The van der Waals surface area contributed by atoms with Crippen molar-refractivity contribution in [1.29, 1.82) is 0 Å². The Morgan fingerprint density at radius 3 is 2.40 bits per heavy atom. The number of hydrogen-bond donors (Lipinski definition) is 1. The zero-order valence-electron chi connectivity index (χ0n) is 5.16. The Labute approximate surface area is 70.3 Å². The molecule has 1 nitrogen and oxygen atoms in total. The van der Waals surface area contributed by atoms with Gasteiger partial charge in [0.15, 0.2) is 0 Å². The van der Waals surface area contributed by atoms with Crippen molar-refractivity contribution < 1.29 is 0 Å². The highest BCUT2D eigenvalue weighted by molar-refractivity contribution is 7.78. The summed E-state index contributed by atoms with van der Waals surface area (Å²) in [6, 6.07) is 7.38. The molecule has 0 saturated heterocycles. The van der Waals surface area contributed by atoms with Crippen LogP contribution >= 0.6 is 24.4 Å². The summed E-state index contributed by atoms with van der Waals surface area (Å²) in [4.78, 5) is 0. The molecule has 0 unspecified atom stereocenters. The van der Waals surface area contributed by atoms with Crippen LogP contribution in [0.5, 0.6) is 0 Å². The summed E-state index contributed by atoms with van der Waals surface area (Å²) in [5.41, 5.74) is 0.999. The highest BCUT2D eigenvalue weighted by atomic mass is 35.5. The first kappa shape index (κ1) is 7.63. The van der Waals surface area contributed by atoms with Crippen LogP contribution < -0.4 is 0 Å². The van der Waals surface area contributed by atoms with Crippen LogP contribution in [0.15, 0.2) is 28.7 Å². The molecule has 0 fully saturated rings. The summed E-state index contributed by atoms with van der Waals surface area (Å²) in [5.74, 6) is 0. The average molecular weight is 172 g/mol. The second kappa shape index (κ2) is 3.64. The molecule has 1 rings (SSSR count). The van der Waals surface area contributed by atoms with Gasteiger partial charge < -0.3 is 0 Å². The third kappa shape index (κ3) is 2.05. The first-order valence-corrected chi connectivity index (χ1v) is 3.54. The van der Waals surface area contributed by atoms with Crippen molar-refractivity contribution in [2.24, 2.45) is 4.40 Å². The molecule has 0 amide bonds. The molecule has 0 N–H and O–H groups in total. The van der Waals surface area contributed by atoms with Crippen molar-refractivity contribution >= 4 is 30.6 Å². The lowest BCUT2D eigenvalue weighted by molar-refractivity contribution is 1.67. The van der Waals surface area contributed by atoms with Gasteiger partial charge in [0.2, 0.25) is 0 Å². The zero-order valence-corrected chi connectivity index (χ0v) is 6.81. The van der Waals surface area contributed by atoms with Crippen LogP contribution in [0.25, 0.3) is 0 Å². The van der Waals surface area contributed by atoms with Crippen LogP contribution in [0.3, 0.4) is 0 Å². The van der Waals surface area contributed by atoms with Gasteiger partial charge in [-0.05, 0) is 30.5 Å². The largest absolute Gasteiger partial charge is 0.227 e. The maximum atomic E-state index is 5.65. The molecule has 0 heterocycles. The highest BCUT2D eigenvalue weighted by Crippen LogP contribution is 2.07. The van der Waals surface area contributed by atoms with Crippen molar-refractivity contribution in [3.8, 4) is 0 Å². The van der Waals surface area contributed by atoms with E-state index >= 15 is 0 Å². The predicted molar refractivity (Wildman–Crippen MR) is 48.0 cm³/mol. The smallest absolute Gasteiger partial charge is 0.0420 e. The quantitative estimate of drug-likeness (QED) is 0.493. The Balaban J connectivity index is 2.89. The number of nitrogens with zero attached hydrogens (tertiary/aromatic N) is 1. The lowest BCUT2D eigenvalue weighted by Crippen LogP contribution is -1.76. The Morgan fingerprint density at radius 1 is 1.30 bits per heavy atom. The fourth-order valence-corrected chi connectivity index (χ4v) is 0.875. The van der Waals surface area contributed by atoms with Gasteiger partial charge in [0.1, 0.15) is 0 Å². The van der Waals surface area contributed by atoms with E-state index in [-0.39, 0.29) is 0 Å². The monoisotopic (exact) mass is 171 g/mol. The highest BCUT2D eigenvalue weighted by Gasteiger charge is 1.86. The van der Waals surface area contributed by atoms with E-state index in [1.54, 1.807) is 6.21 Å². The summed E-state index contributed by atoms with van der Waals surface area (Å²) in [6.07, 6.45) is 1.65. The van der Waals surface area contributed by atoms with Gasteiger partial charge in [-0.2, -0.15) is 0 Å². The zero-order chi connectivity index (χ0) is 7.40. The van der Waals surface area contributed by atoms with Crippen molar-refractivity contribution in [3.63, 3.8) is 0 Å². The Bertz CT molecular complexity index is 230. The molecule has 0 saturated carbocycles. The first-order valence-electron chi connectivity index (χ1n) is 2.76. The summed E-state index contributed by atoms with van der Waals surface area (Å²) < 4.78 is 3.56. The number of hydrogen-bond acceptors (Lipinski definition) is 2. The molecule has 1 aromatic carbocycles. The molecular weight excluding hydrogens is 166 g/mol. The van der Waals surface area contributed by atoms with Crippen molar-refractivity contribution in [2.75, 3.05) is 0 Å². The second-order valence-electron chi connectivity index (χ2n) is 1.80. The normalized spacial score (nSPS) is 10.6. The molecule has 0 aromatic heterocycles. The third-order valence-corrected chi connectivity index (χ3v) is 1.44. The van der Waals surface area contributed by atoms with Gasteiger partial charge in [-0.25, -0.2) is 4.40 Å². The number of halogens is 1. The molecule has 0 atom stereocenters. The van der Waals surface area contributed by atoms with E-state index in [2.05, 4.69) is 17.2 Å². The molecule has 52 valence electrons. The number of thiol groups is 1. The molecule has 0 aliphatic carbocycles. The Hall–Kier alpha value is -0.470. The minimum Gasteiger partial charge on any atom is -0.227 e. The minimum absolute atomic E-state index is 0.733. The topological polar surface area (TPSA) is 12.4 Å². The van der Waals surface area contributed by atoms with E-state index < -0.39 is 0 Å². The van der Waals surface area contributed by atoms with Gasteiger partial charge in [-0.3, -0.25) is 0 Å². The van der Waals surface area contributed by atoms with E-state index in [0.717, 1.165) is 10.6 Å². The summed E-state index contributed by atoms with van der Waals surface area (Å²) in [5, 5.41) is 0.733. The first-order chi connectivity index (χ1) is 4.83. The van der Waals surface area contributed by atoms with E-state index in [4.69, 9.17) is 11.6 Å². The lowest BCUT2D eigenvalue weighted by Gasteiger charge is -1.89. The van der Waals surface area contributed by atoms with Crippen LogP contribution in [0.4, 0.5) is 0 Å². The van der Waals surface area contributed by atoms with Crippen LogP contribution in [0.1, 0.15) is 5.56 Å². The average Bonchev–Trinajstić information content (AvgIpc) is 1.95. The van der Waals surface area contributed by atoms with Gasteiger partial charge in [0, 0.05) is 11.2 Å². The fourth-order valence-electron chi connectivity index (χ4n) is 0.616. The second-order valence-corrected chi connectivity index (χ2v) is 2.46. The standard InChI is InChI=1S/C7H6ClNS/c8-7-3-1-6(2-4-7)5-9-10/h1-5,10H. The van der Waals surface area contributed by atoms with E-state index in [9.17, 15) is 0 Å². The molecule has 0 aliphatic rings. The minimum atomic E-state index is 0.733. The van der Waals surface area contributed by atoms with Crippen LogP contribution in [-0.2, 0) is 0 Å². The molecule has 10 heavy (non-hydrogen) atoms. The Morgan fingerprint density at radius 2 is 1.90 bits per heavy atom. The van der Waals surface area contributed by atoms with Gasteiger partial charge in [-0.15, -0.1) is 0 Å². The third-order valence-electron chi connectivity index (χ3n) is 1.08. The van der Waals surface area contributed by atoms with Gasteiger partial charge in [-0.1, -0.05) is 23.7 Å². The molecular formula is C7H6ClNS. The van der Waals surface area contributed by atoms with Crippen LogP contribution in [0.2, 0.25) is 5.02 Å². The van der Waals surface area contributed by atoms with E-state index in [1.165, 1.54) is 0 Å². The lowest BCUT2D eigenvalue weighted by atomic mass is 10.2. The van der Waals surface area contributed by atoms with Gasteiger partial charge >= 0.3 is 0 Å². The van der Waals surface area contributed by atoms with Crippen molar-refractivity contribution in [3.05, 3.63) is 34.9 Å². The predicted octanol–water partition coefficient (Wildman–Crippen LogP) is 2.60. The number of benzene rings is 1.